The summed E-state index contributed by atoms with van der Waals surface area (Å²) in [7, 11) is 1.46. The van der Waals surface area contributed by atoms with Crippen LogP contribution >= 0.6 is 0 Å². The van der Waals surface area contributed by atoms with Crippen LogP contribution in [-0.2, 0) is 19.1 Å². The third-order valence-electron chi connectivity index (χ3n) is 6.56. The molecule has 8 nitrogen and oxygen atoms in total. The van der Waals surface area contributed by atoms with Crippen LogP contribution in [0.4, 0.5) is 4.79 Å². The van der Waals surface area contributed by atoms with E-state index in [9.17, 15) is 14.4 Å². The zero-order valence-corrected chi connectivity index (χ0v) is 19.4. The van der Waals surface area contributed by atoms with Crippen LogP contribution in [0, 0.1) is 0 Å². The topological polar surface area (TPSA) is 105 Å². The van der Waals surface area contributed by atoms with Gasteiger partial charge in [0, 0.05) is 25.6 Å². The van der Waals surface area contributed by atoms with Gasteiger partial charge < -0.3 is 24.8 Å². The number of fused-ring (bicyclic) bond motifs is 3. The van der Waals surface area contributed by atoms with Crippen LogP contribution in [0.25, 0.3) is 11.1 Å². The molecule has 0 aromatic heterocycles. The van der Waals surface area contributed by atoms with E-state index in [-0.39, 0.29) is 37.4 Å². The molecule has 4 rings (SSSR count). The molecule has 2 aliphatic rings. The smallest absolute Gasteiger partial charge is 0.407 e. The number of carbonyl (C=O) groups is 3. The maximum absolute atomic E-state index is 13.2. The van der Waals surface area contributed by atoms with Gasteiger partial charge in [-0.05, 0) is 42.0 Å². The fraction of sp³-hybridized carbons (Fsp3) is 0.423. The first kappa shape index (κ1) is 23.8. The predicted molar refractivity (Wildman–Crippen MR) is 125 cm³/mol. The Labute approximate surface area is 198 Å². The number of nitrogens with zero attached hydrogens (tertiary/aromatic N) is 1. The molecule has 2 unspecified atom stereocenters. The number of alkyl carbamates (subject to hydrolysis) is 1. The molecular weight excluding hydrogens is 436 g/mol. The van der Waals surface area contributed by atoms with Crippen LogP contribution < -0.4 is 5.32 Å². The Morgan fingerprint density at radius 2 is 1.65 bits per heavy atom. The van der Waals surface area contributed by atoms with Crippen LogP contribution in [0.3, 0.4) is 0 Å². The molecule has 2 N–H and O–H groups in total. The van der Waals surface area contributed by atoms with Gasteiger partial charge in [-0.25, -0.2) is 4.79 Å². The number of hydrogen-bond donors (Lipinski definition) is 2. The van der Waals surface area contributed by atoms with Gasteiger partial charge in [0.05, 0.1) is 12.5 Å². The molecule has 2 aromatic carbocycles. The standard InChI is InChI=1S/C26H30N2O6/c1-16(33-2)24(25(31)28(17-11-12-17)14-13-23(29)30)27-26(32)34-15-22-20-9-5-3-7-18(20)19-8-4-6-10-21(19)22/h3-10,16-17,22,24H,11-15H2,1-2H3,(H,27,32)(H,29,30). The van der Waals surface area contributed by atoms with Crippen LogP contribution in [-0.4, -0.2) is 66.4 Å². The van der Waals surface area contributed by atoms with Gasteiger partial charge in [-0.3, -0.25) is 9.59 Å². The van der Waals surface area contributed by atoms with Gasteiger partial charge in [0.1, 0.15) is 12.6 Å². The van der Waals surface area contributed by atoms with Gasteiger partial charge in [0.15, 0.2) is 0 Å². The normalized spacial score (nSPS) is 16.2. The van der Waals surface area contributed by atoms with Crippen molar-refractivity contribution in [2.45, 2.75) is 50.3 Å². The summed E-state index contributed by atoms with van der Waals surface area (Å²) in [6.07, 6.45) is 0.174. The van der Waals surface area contributed by atoms with Gasteiger partial charge in [-0.1, -0.05) is 48.5 Å². The Morgan fingerprint density at radius 3 is 2.18 bits per heavy atom. The summed E-state index contributed by atoms with van der Waals surface area (Å²) >= 11 is 0. The second-order valence-electron chi connectivity index (χ2n) is 8.79. The van der Waals surface area contributed by atoms with Crippen molar-refractivity contribution < 1.29 is 29.0 Å². The van der Waals surface area contributed by atoms with Crippen molar-refractivity contribution in [1.29, 1.82) is 0 Å². The Hall–Kier alpha value is -3.39. The Morgan fingerprint density at radius 1 is 1.06 bits per heavy atom. The largest absolute Gasteiger partial charge is 0.481 e. The number of carboxylic acids is 1. The molecule has 0 radical (unpaired) electrons. The van der Waals surface area contributed by atoms with Gasteiger partial charge in [-0.15, -0.1) is 0 Å². The minimum atomic E-state index is -0.977. The number of nitrogens with one attached hydrogen (secondary N) is 1. The van der Waals surface area contributed by atoms with E-state index >= 15 is 0 Å². The molecule has 0 spiro atoms. The van der Waals surface area contributed by atoms with Gasteiger partial charge >= 0.3 is 12.1 Å². The van der Waals surface area contributed by atoms with Crippen molar-refractivity contribution in [1.82, 2.24) is 10.2 Å². The van der Waals surface area contributed by atoms with Crippen molar-refractivity contribution in [2.24, 2.45) is 0 Å². The quantitative estimate of drug-likeness (QED) is 0.556. The number of carboxylic acid groups (broad SMARTS) is 1. The molecule has 0 heterocycles. The van der Waals surface area contributed by atoms with Gasteiger partial charge in [0.2, 0.25) is 5.91 Å². The first-order chi connectivity index (χ1) is 16.4. The number of benzene rings is 2. The number of aliphatic carboxylic acids is 1. The Bertz CT molecular complexity index is 1020. The molecule has 2 atom stereocenters. The number of carbonyl (C=O) groups excluding carboxylic acids is 2. The average molecular weight is 467 g/mol. The molecule has 1 saturated carbocycles. The fourth-order valence-electron chi connectivity index (χ4n) is 4.54. The first-order valence-electron chi connectivity index (χ1n) is 11.6. The summed E-state index contributed by atoms with van der Waals surface area (Å²) in [6, 6.07) is 15.1. The van der Waals surface area contributed by atoms with E-state index < -0.39 is 24.2 Å². The lowest BCUT2D eigenvalue weighted by atomic mass is 9.98. The van der Waals surface area contributed by atoms with Crippen LogP contribution in [0.1, 0.15) is 43.2 Å². The highest BCUT2D eigenvalue weighted by molar-refractivity contribution is 5.87. The Balaban J connectivity index is 1.44. The predicted octanol–water partition coefficient (Wildman–Crippen LogP) is 3.39. The van der Waals surface area contributed by atoms with E-state index in [1.807, 2.05) is 36.4 Å². The number of methoxy groups -OCH3 is 1. The summed E-state index contributed by atoms with van der Waals surface area (Å²) in [6.45, 7) is 1.92. The van der Waals surface area contributed by atoms with Crippen molar-refractivity contribution in [3.05, 3.63) is 59.7 Å². The van der Waals surface area contributed by atoms with Crippen molar-refractivity contribution >= 4 is 18.0 Å². The number of rotatable bonds is 10. The molecule has 34 heavy (non-hydrogen) atoms. The third-order valence-corrected chi connectivity index (χ3v) is 6.56. The van der Waals surface area contributed by atoms with Gasteiger partial charge in [0.25, 0.3) is 0 Å². The molecule has 0 aliphatic heterocycles. The van der Waals surface area contributed by atoms with E-state index in [2.05, 4.69) is 17.4 Å². The summed E-state index contributed by atoms with van der Waals surface area (Å²) in [5.74, 6) is -1.42. The number of hydrogen-bond acceptors (Lipinski definition) is 5. The van der Waals surface area contributed by atoms with Crippen molar-refractivity contribution in [3.63, 3.8) is 0 Å². The van der Waals surface area contributed by atoms with E-state index in [0.717, 1.165) is 35.1 Å². The third kappa shape index (κ3) is 5.07. The maximum Gasteiger partial charge on any atom is 0.407 e. The lowest BCUT2D eigenvalue weighted by Crippen LogP contribution is -2.55. The average Bonchev–Trinajstić information content (AvgIpc) is 3.63. The molecule has 2 aromatic rings. The van der Waals surface area contributed by atoms with Crippen molar-refractivity contribution in [3.8, 4) is 11.1 Å². The van der Waals surface area contributed by atoms with Crippen LogP contribution in [0.15, 0.2) is 48.5 Å². The van der Waals surface area contributed by atoms with E-state index in [1.165, 1.54) is 12.0 Å². The zero-order valence-electron chi connectivity index (χ0n) is 19.4. The molecule has 180 valence electrons. The molecular formula is C26H30N2O6. The first-order valence-corrected chi connectivity index (χ1v) is 11.6. The fourth-order valence-corrected chi connectivity index (χ4v) is 4.54. The van der Waals surface area contributed by atoms with Gasteiger partial charge in [-0.2, -0.15) is 0 Å². The highest BCUT2D eigenvalue weighted by Crippen LogP contribution is 2.44. The Kier molecular flexibility index (Phi) is 7.17. The summed E-state index contributed by atoms with van der Waals surface area (Å²) in [4.78, 5) is 38.6. The number of amides is 2. The number of ether oxygens (including phenoxy) is 2. The summed E-state index contributed by atoms with van der Waals surface area (Å²) in [5, 5.41) is 11.7. The second kappa shape index (κ2) is 10.3. The van der Waals surface area contributed by atoms with E-state index in [0.29, 0.717) is 0 Å². The van der Waals surface area contributed by atoms with E-state index in [1.54, 1.807) is 6.92 Å². The highest BCUT2D eigenvalue weighted by atomic mass is 16.5. The molecule has 2 aliphatic carbocycles. The maximum atomic E-state index is 13.2. The van der Waals surface area contributed by atoms with Crippen LogP contribution in [0.5, 0.6) is 0 Å². The lowest BCUT2D eigenvalue weighted by Gasteiger charge is -2.30. The SMILES string of the molecule is COC(C)C(NC(=O)OCC1c2ccccc2-c2ccccc21)C(=O)N(CCC(=O)O)C1CC1. The summed E-state index contributed by atoms with van der Waals surface area (Å²) in [5.41, 5.74) is 4.46. The summed E-state index contributed by atoms with van der Waals surface area (Å²) < 4.78 is 10.9. The molecule has 0 saturated heterocycles. The monoisotopic (exact) mass is 466 g/mol. The molecule has 2 amide bonds. The highest BCUT2D eigenvalue weighted by Gasteiger charge is 2.39. The molecule has 0 bridgehead atoms. The second-order valence-corrected chi connectivity index (χ2v) is 8.79. The minimum absolute atomic E-state index is 0.00252. The lowest BCUT2D eigenvalue weighted by molar-refractivity contribution is -0.140. The van der Waals surface area contributed by atoms with Crippen molar-refractivity contribution in [2.75, 3.05) is 20.3 Å². The zero-order chi connectivity index (χ0) is 24.2. The molecule has 1 fully saturated rings. The van der Waals surface area contributed by atoms with Crippen LogP contribution in [0.2, 0.25) is 0 Å². The minimum Gasteiger partial charge on any atom is -0.481 e. The molecule has 8 heteroatoms. The van der Waals surface area contributed by atoms with E-state index in [4.69, 9.17) is 14.6 Å².